The number of rotatable bonds is 6. The van der Waals surface area contributed by atoms with Crippen molar-refractivity contribution in [1.82, 2.24) is 9.97 Å². The molecule has 4 nitrogen and oxygen atoms in total. The normalized spacial score (nSPS) is 10.4. The van der Waals surface area contributed by atoms with Crippen molar-refractivity contribution < 1.29 is 0 Å². The first-order chi connectivity index (χ1) is 9.11. The van der Waals surface area contributed by atoms with Crippen molar-refractivity contribution in [2.75, 3.05) is 23.7 Å². The standard InChI is InChI=1S/C14H18N4S/c1-5-6-15-14-17-11-10(4)8-19-12(11)13(18-14)16-7-9(2)3/h5,8H,1-2,6-7H2,3-4H3,(H2,15,16,17,18). The second kappa shape index (κ2) is 5.84. The van der Waals surface area contributed by atoms with Crippen LogP contribution >= 0.6 is 11.3 Å². The summed E-state index contributed by atoms with van der Waals surface area (Å²) in [5, 5.41) is 8.54. The van der Waals surface area contributed by atoms with Gasteiger partial charge in [-0.3, -0.25) is 0 Å². The SMILES string of the molecule is C=CCNc1nc(NCC(=C)C)c2scc(C)c2n1. The van der Waals surface area contributed by atoms with E-state index in [1.807, 2.05) is 6.92 Å². The van der Waals surface area contributed by atoms with Crippen LogP contribution in [0.3, 0.4) is 0 Å². The largest absolute Gasteiger partial charge is 0.365 e. The summed E-state index contributed by atoms with van der Waals surface area (Å²) in [5.41, 5.74) is 3.24. The van der Waals surface area contributed by atoms with Gasteiger partial charge in [0.2, 0.25) is 5.95 Å². The summed E-state index contributed by atoms with van der Waals surface area (Å²) in [5.74, 6) is 1.48. The third-order valence-corrected chi connectivity index (χ3v) is 3.65. The molecule has 0 amide bonds. The molecule has 19 heavy (non-hydrogen) atoms. The third kappa shape index (κ3) is 3.12. The van der Waals surface area contributed by atoms with Gasteiger partial charge < -0.3 is 10.6 Å². The molecule has 0 bridgehead atoms. The molecule has 2 heterocycles. The van der Waals surface area contributed by atoms with E-state index in [0.717, 1.165) is 21.6 Å². The van der Waals surface area contributed by atoms with Gasteiger partial charge in [-0.25, -0.2) is 4.98 Å². The number of nitrogens with zero attached hydrogens (tertiary/aromatic N) is 2. The summed E-state index contributed by atoms with van der Waals surface area (Å²) in [6.45, 7) is 13.0. The predicted molar refractivity (Wildman–Crippen MR) is 84.1 cm³/mol. The lowest BCUT2D eigenvalue weighted by atomic mass is 10.3. The third-order valence-electron chi connectivity index (χ3n) is 2.55. The van der Waals surface area contributed by atoms with E-state index in [1.165, 1.54) is 5.56 Å². The maximum atomic E-state index is 4.54. The van der Waals surface area contributed by atoms with E-state index >= 15 is 0 Å². The highest BCUT2D eigenvalue weighted by atomic mass is 32.1. The number of hydrogen-bond acceptors (Lipinski definition) is 5. The molecule has 0 fully saturated rings. The first kappa shape index (κ1) is 13.5. The highest BCUT2D eigenvalue weighted by Crippen LogP contribution is 2.30. The average molecular weight is 274 g/mol. The van der Waals surface area contributed by atoms with Crippen LogP contribution in [0.4, 0.5) is 11.8 Å². The molecule has 0 atom stereocenters. The molecule has 2 rings (SSSR count). The van der Waals surface area contributed by atoms with Gasteiger partial charge in [-0.15, -0.1) is 17.9 Å². The summed E-state index contributed by atoms with van der Waals surface area (Å²) in [6.07, 6.45) is 1.79. The fourth-order valence-electron chi connectivity index (χ4n) is 1.63. The molecule has 100 valence electrons. The van der Waals surface area contributed by atoms with E-state index in [1.54, 1.807) is 17.4 Å². The molecular weight excluding hydrogens is 256 g/mol. The maximum absolute atomic E-state index is 4.54. The van der Waals surface area contributed by atoms with Crippen LogP contribution in [-0.2, 0) is 0 Å². The smallest absolute Gasteiger partial charge is 0.225 e. The Morgan fingerprint density at radius 1 is 1.42 bits per heavy atom. The molecule has 0 saturated heterocycles. The first-order valence-corrected chi connectivity index (χ1v) is 6.98. The molecule has 0 spiro atoms. The Kier molecular flexibility index (Phi) is 4.16. The Morgan fingerprint density at radius 3 is 2.89 bits per heavy atom. The molecule has 5 heteroatoms. The van der Waals surface area contributed by atoms with E-state index in [0.29, 0.717) is 19.0 Å². The van der Waals surface area contributed by atoms with Crippen LogP contribution in [0.15, 0.2) is 30.2 Å². The highest BCUT2D eigenvalue weighted by Gasteiger charge is 2.11. The number of aromatic nitrogens is 2. The molecule has 0 aliphatic rings. The molecule has 0 radical (unpaired) electrons. The zero-order valence-corrected chi connectivity index (χ0v) is 12.1. The number of thiophene rings is 1. The molecule has 0 aliphatic heterocycles. The number of nitrogens with one attached hydrogen (secondary N) is 2. The van der Waals surface area contributed by atoms with Crippen molar-refractivity contribution in [3.05, 3.63) is 35.8 Å². The molecule has 0 aliphatic carbocycles. The fraction of sp³-hybridized carbons (Fsp3) is 0.286. The van der Waals surface area contributed by atoms with Crippen molar-refractivity contribution in [2.24, 2.45) is 0 Å². The van der Waals surface area contributed by atoms with Crippen molar-refractivity contribution in [2.45, 2.75) is 13.8 Å². The Balaban J connectivity index is 2.40. The van der Waals surface area contributed by atoms with E-state index in [9.17, 15) is 0 Å². The number of fused-ring (bicyclic) bond motifs is 1. The average Bonchev–Trinajstić information content (AvgIpc) is 2.75. The fourth-order valence-corrected chi connectivity index (χ4v) is 2.58. The quantitative estimate of drug-likeness (QED) is 0.790. The number of hydrogen-bond donors (Lipinski definition) is 2. The van der Waals surface area contributed by atoms with Crippen molar-refractivity contribution >= 4 is 33.3 Å². The van der Waals surface area contributed by atoms with Gasteiger partial charge in [-0.2, -0.15) is 4.98 Å². The van der Waals surface area contributed by atoms with Gasteiger partial charge in [0.1, 0.15) is 5.82 Å². The molecular formula is C14H18N4S. The summed E-state index contributed by atoms with van der Waals surface area (Å²) < 4.78 is 1.09. The zero-order chi connectivity index (χ0) is 13.8. The molecule has 0 aromatic carbocycles. The van der Waals surface area contributed by atoms with Gasteiger partial charge in [0.25, 0.3) is 0 Å². The minimum absolute atomic E-state index is 0.623. The summed E-state index contributed by atoms with van der Waals surface area (Å²) in [7, 11) is 0. The van der Waals surface area contributed by atoms with Crippen LogP contribution in [0.5, 0.6) is 0 Å². The molecule has 2 aromatic rings. The topological polar surface area (TPSA) is 49.8 Å². The Morgan fingerprint density at radius 2 is 2.21 bits per heavy atom. The van der Waals surface area contributed by atoms with Crippen LogP contribution in [0.25, 0.3) is 10.2 Å². The maximum Gasteiger partial charge on any atom is 0.225 e. The highest BCUT2D eigenvalue weighted by molar-refractivity contribution is 7.18. The lowest BCUT2D eigenvalue weighted by Crippen LogP contribution is -2.08. The van der Waals surface area contributed by atoms with Gasteiger partial charge >= 0.3 is 0 Å². The van der Waals surface area contributed by atoms with Crippen LogP contribution < -0.4 is 10.6 Å². The Hall–Kier alpha value is -1.88. The van der Waals surface area contributed by atoms with Gasteiger partial charge in [0.05, 0.1) is 10.2 Å². The lowest BCUT2D eigenvalue weighted by molar-refractivity contribution is 1.12. The molecule has 0 unspecified atom stereocenters. The minimum atomic E-state index is 0.623. The van der Waals surface area contributed by atoms with Gasteiger partial charge in [-0.1, -0.05) is 18.2 Å². The Labute approximate surface area is 117 Å². The van der Waals surface area contributed by atoms with Crippen molar-refractivity contribution in [1.29, 1.82) is 0 Å². The second-order valence-electron chi connectivity index (χ2n) is 4.47. The van der Waals surface area contributed by atoms with Crippen molar-refractivity contribution in [3.8, 4) is 0 Å². The Bertz CT molecular complexity index is 615. The lowest BCUT2D eigenvalue weighted by Gasteiger charge is -2.09. The van der Waals surface area contributed by atoms with Crippen LogP contribution in [0.1, 0.15) is 12.5 Å². The van der Waals surface area contributed by atoms with Crippen LogP contribution in [0.2, 0.25) is 0 Å². The summed E-state index contributed by atoms with van der Waals surface area (Å²) >= 11 is 1.66. The molecule has 2 N–H and O–H groups in total. The predicted octanol–water partition coefficient (Wildman–Crippen LogP) is 3.59. The second-order valence-corrected chi connectivity index (χ2v) is 5.35. The van der Waals surface area contributed by atoms with E-state index < -0.39 is 0 Å². The number of aryl methyl sites for hydroxylation is 1. The first-order valence-electron chi connectivity index (χ1n) is 6.10. The summed E-state index contributed by atoms with van der Waals surface area (Å²) in [4.78, 5) is 9.05. The van der Waals surface area contributed by atoms with Crippen LogP contribution in [-0.4, -0.2) is 23.1 Å². The van der Waals surface area contributed by atoms with E-state index in [2.05, 4.69) is 46.1 Å². The molecule has 2 aromatic heterocycles. The molecule has 0 saturated carbocycles. The van der Waals surface area contributed by atoms with Gasteiger partial charge in [-0.05, 0) is 24.8 Å². The van der Waals surface area contributed by atoms with E-state index in [-0.39, 0.29) is 0 Å². The summed E-state index contributed by atoms with van der Waals surface area (Å²) in [6, 6.07) is 0. The van der Waals surface area contributed by atoms with Gasteiger partial charge in [0.15, 0.2) is 0 Å². The van der Waals surface area contributed by atoms with Crippen molar-refractivity contribution in [3.63, 3.8) is 0 Å². The number of anilines is 2. The van der Waals surface area contributed by atoms with Crippen LogP contribution in [0, 0.1) is 6.92 Å². The minimum Gasteiger partial charge on any atom is -0.365 e. The van der Waals surface area contributed by atoms with Gasteiger partial charge in [0, 0.05) is 13.1 Å². The van der Waals surface area contributed by atoms with E-state index in [4.69, 9.17) is 0 Å². The zero-order valence-electron chi connectivity index (χ0n) is 11.3. The monoisotopic (exact) mass is 274 g/mol.